The van der Waals surface area contributed by atoms with Crippen LogP contribution >= 0.6 is 0 Å². The second-order valence-corrected chi connectivity index (χ2v) is 5.83. The van der Waals surface area contributed by atoms with Crippen molar-refractivity contribution >= 4 is 22.9 Å². The SMILES string of the molecule is COC(=O)NC1CCN(C(=O)Cc2c[nH]c3ccccc23)CC1. The predicted octanol–water partition coefficient (Wildman–Crippen LogP) is 2.06. The van der Waals surface area contributed by atoms with Gasteiger partial charge in [0.05, 0.1) is 13.5 Å². The quantitative estimate of drug-likeness (QED) is 0.910. The molecule has 0 radical (unpaired) electrons. The van der Waals surface area contributed by atoms with Gasteiger partial charge < -0.3 is 19.9 Å². The molecule has 1 aromatic heterocycles. The van der Waals surface area contributed by atoms with E-state index in [2.05, 4.69) is 15.0 Å². The van der Waals surface area contributed by atoms with Crippen molar-refractivity contribution in [2.75, 3.05) is 20.2 Å². The molecule has 0 unspecified atom stereocenters. The molecule has 2 aromatic rings. The summed E-state index contributed by atoms with van der Waals surface area (Å²) in [6.45, 7) is 1.33. The number of ether oxygens (including phenoxy) is 1. The van der Waals surface area contributed by atoms with Gasteiger partial charge in [-0.05, 0) is 24.5 Å². The number of amides is 2. The van der Waals surface area contributed by atoms with E-state index in [1.807, 2.05) is 35.4 Å². The van der Waals surface area contributed by atoms with Crippen molar-refractivity contribution in [3.63, 3.8) is 0 Å². The molecular weight excluding hydrogens is 294 g/mol. The molecule has 2 amide bonds. The fourth-order valence-corrected chi connectivity index (χ4v) is 3.05. The van der Waals surface area contributed by atoms with Gasteiger partial charge >= 0.3 is 6.09 Å². The van der Waals surface area contributed by atoms with E-state index in [0.29, 0.717) is 19.5 Å². The number of aromatic amines is 1. The van der Waals surface area contributed by atoms with Crippen molar-refractivity contribution in [3.8, 4) is 0 Å². The fraction of sp³-hybridized carbons (Fsp3) is 0.412. The summed E-state index contributed by atoms with van der Waals surface area (Å²) in [4.78, 5) is 28.8. The molecule has 1 saturated heterocycles. The van der Waals surface area contributed by atoms with Crippen LogP contribution in [0, 0.1) is 0 Å². The van der Waals surface area contributed by atoms with Gasteiger partial charge in [-0.1, -0.05) is 18.2 Å². The number of methoxy groups -OCH3 is 1. The number of alkyl carbamates (subject to hydrolysis) is 1. The molecule has 122 valence electrons. The van der Waals surface area contributed by atoms with Crippen molar-refractivity contribution < 1.29 is 14.3 Å². The Morgan fingerprint density at radius 2 is 2.04 bits per heavy atom. The molecule has 1 aliphatic rings. The van der Waals surface area contributed by atoms with E-state index in [0.717, 1.165) is 29.3 Å². The van der Waals surface area contributed by atoms with Gasteiger partial charge in [0, 0.05) is 36.2 Å². The molecule has 2 heterocycles. The number of hydrogen-bond acceptors (Lipinski definition) is 3. The van der Waals surface area contributed by atoms with Crippen LogP contribution in [0.3, 0.4) is 0 Å². The number of nitrogens with zero attached hydrogens (tertiary/aromatic N) is 1. The number of hydrogen-bond donors (Lipinski definition) is 2. The summed E-state index contributed by atoms with van der Waals surface area (Å²) < 4.78 is 4.60. The van der Waals surface area contributed by atoms with Crippen LogP contribution in [0.4, 0.5) is 4.79 Å². The molecule has 0 bridgehead atoms. The first-order valence-electron chi connectivity index (χ1n) is 7.84. The molecule has 2 N–H and O–H groups in total. The first-order valence-corrected chi connectivity index (χ1v) is 7.84. The lowest BCUT2D eigenvalue weighted by molar-refractivity contribution is -0.131. The Morgan fingerprint density at radius 1 is 1.30 bits per heavy atom. The standard InChI is InChI=1S/C17H21N3O3/c1-23-17(22)19-13-6-8-20(9-7-13)16(21)10-12-11-18-15-5-3-2-4-14(12)15/h2-5,11,13,18H,6-10H2,1H3,(H,19,22). The monoisotopic (exact) mass is 315 g/mol. The summed E-state index contributed by atoms with van der Waals surface area (Å²) in [6.07, 6.45) is 3.42. The summed E-state index contributed by atoms with van der Waals surface area (Å²) >= 11 is 0. The Balaban J connectivity index is 1.57. The summed E-state index contributed by atoms with van der Waals surface area (Å²) in [5.74, 6) is 0.131. The molecule has 23 heavy (non-hydrogen) atoms. The number of piperidine rings is 1. The van der Waals surface area contributed by atoms with Crippen LogP contribution < -0.4 is 5.32 Å². The highest BCUT2D eigenvalue weighted by Crippen LogP contribution is 2.20. The third-order valence-corrected chi connectivity index (χ3v) is 4.37. The first-order chi connectivity index (χ1) is 11.2. The number of likely N-dealkylation sites (tertiary alicyclic amines) is 1. The fourth-order valence-electron chi connectivity index (χ4n) is 3.05. The molecular formula is C17H21N3O3. The number of rotatable bonds is 3. The van der Waals surface area contributed by atoms with Gasteiger partial charge in [-0.15, -0.1) is 0 Å². The van der Waals surface area contributed by atoms with E-state index in [4.69, 9.17) is 0 Å². The third kappa shape index (κ3) is 3.47. The molecule has 6 nitrogen and oxygen atoms in total. The van der Waals surface area contributed by atoms with E-state index in [-0.39, 0.29) is 11.9 Å². The van der Waals surface area contributed by atoms with E-state index in [1.54, 1.807) is 0 Å². The number of H-pyrrole nitrogens is 1. The van der Waals surface area contributed by atoms with Crippen molar-refractivity contribution in [3.05, 3.63) is 36.0 Å². The highest BCUT2D eigenvalue weighted by Gasteiger charge is 2.24. The molecule has 0 atom stereocenters. The molecule has 0 aliphatic carbocycles. The zero-order valence-electron chi connectivity index (χ0n) is 13.2. The Labute approximate surface area is 134 Å². The first kappa shape index (κ1) is 15.4. The Morgan fingerprint density at radius 3 is 2.78 bits per heavy atom. The van der Waals surface area contributed by atoms with Crippen molar-refractivity contribution in [2.24, 2.45) is 0 Å². The van der Waals surface area contributed by atoms with Gasteiger partial charge in [0.2, 0.25) is 5.91 Å². The van der Waals surface area contributed by atoms with Crippen LogP contribution in [0.1, 0.15) is 18.4 Å². The average molecular weight is 315 g/mol. The lowest BCUT2D eigenvalue weighted by Gasteiger charge is -2.32. The maximum Gasteiger partial charge on any atom is 0.407 e. The summed E-state index contributed by atoms with van der Waals surface area (Å²) in [5, 5.41) is 3.89. The van der Waals surface area contributed by atoms with Crippen molar-refractivity contribution in [1.82, 2.24) is 15.2 Å². The number of carbonyl (C=O) groups is 2. The number of aromatic nitrogens is 1. The lowest BCUT2D eigenvalue weighted by Crippen LogP contribution is -2.46. The minimum absolute atomic E-state index is 0.0830. The zero-order valence-corrected chi connectivity index (χ0v) is 13.2. The highest BCUT2D eigenvalue weighted by atomic mass is 16.5. The van der Waals surface area contributed by atoms with E-state index < -0.39 is 6.09 Å². The number of carbonyl (C=O) groups excluding carboxylic acids is 2. The highest BCUT2D eigenvalue weighted by molar-refractivity contribution is 5.88. The largest absolute Gasteiger partial charge is 0.453 e. The number of para-hydroxylation sites is 1. The topological polar surface area (TPSA) is 74.4 Å². The normalized spacial score (nSPS) is 15.6. The Kier molecular flexibility index (Phi) is 4.50. The second-order valence-electron chi connectivity index (χ2n) is 5.83. The number of benzene rings is 1. The smallest absolute Gasteiger partial charge is 0.407 e. The minimum atomic E-state index is -0.409. The molecule has 1 aromatic carbocycles. The van der Waals surface area contributed by atoms with Crippen LogP contribution in [0.25, 0.3) is 10.9 Å². The lowest BCUT2D eigenvalue weighted by atomic mass is 10.0. The van der Waals surface area contributed by atoms with Crippen LogP contribution in [-0.4, -0.2) is 48.1 Å². The average Bonchev–Trinajstić information content (AvgIpc) is 2.98. The van der Waals surface area contributed by atoms with Crippen molar-refractivity contribution in [1.29, 1.82) is 0 Å². The number of fused-ring (bicyclic) bond motifs is 1. The maximum atomic E-state index is 12.5. The van der Waals surface area contributed by atoms with Crippen LogP contribution in [-0.2, 0) is 16.0 Å². The summed E-state index contributed by atoms with van der Waals surface area (Å²) in [6, 6.07) is 8.07. The second kappa shape index (κ2) is 6.73. The molecule has 1 fully saturated rings. The minimum Gasteiger partial charge on any atom is -0.453 e. The van der Waals surface area contributed by atoms with E-state index in [1.165, 1.54) is 7.11 Å². The van der Waals surface area contributed by atoms with Crippen LogP contribution in [0.5, 0.6) is 0 Å². The van der Waals surface area contributed by atoms with Gasteiger partial charge in [0.15, 0.2) is 0 Å². The molecule has 3 rings (SSSR count). The molecule has 1 aliphatic heterocycles. The molecule has 0 saturated carbocycles. The molecule has 0 spiro atoms. The summed E-state index contributed by atoms with van der Waals surface area (Å²) in [5.41, 5.74) is 2.08. The predicted molar refractivity (Wildman–Crippen MR) is 87.1 cm³/mol. The van der Waals surface area contributed by atoms with Crippen LogP contribution in [0.15, 0.2) is 30.5 Å². The third-order valence-electron chi connectivity index (χ3n) is 4.37. The van der Waals surface area contributed by atoms with Crippen LogP contribution in [0.2, 0.25) is 0 Å². The zero-order chi connectivity index (χ0) is 16.2. The van der Waals surface area contributed by atoms with Gasteiger partial charge in [-0.2, -0.15) is 0 Å². The van der Waals surface area contributed by atoms with Gasteiger partial charge in [0.1, 0.15) is 0 Å². The van der Waals surface area contributed by atoms with E-state index >= 15 is 0 Å². The Hall–Kier alpha value is -2.50. The van der Waals surface area contributed by atoms with Gasteiger partial charge in [-0.25, -0.2) is 4.79 Å². The summed E-state index contributed by atoms with van der Waals surface area (Å²) in [7, 11) is 1.36. The molecule has 6 heteroatoms. The van der Waals surface area contributed by atoms with Gasteiger partial charge in [-0.3, -0.25) is 4.79 Å². The van der Waals surface area contributed by atoms with E-state index in [9.17, 15) is 9.59 Å². The maximum absolute atomic E-state index is 12.5. The van der Waals surface area contributed by atoms with Crippen molar-refractivity contribution in [2.45, 2.75) is 25.3 Å². The Bertz CT molecular complexity index is 702. The van der Waals surface area contributed by atoms with Gasteiger partial charge in [0.25, 0.3) is 0 Å². The number of nitrogens with one attached hydrogen (secondary N) is 2.